The van der Waals surface area contributed by atoms with Crippen LogP contribution in [-0.2, 0) is 19.0 Å². The Labute approximate surface area is 96.2 Å². The van der Waals surface area contributed by atoms with Crippen molar-refractivity contribution in [3.63, 3.8) is 0 Å². The molecule has 0 amide bonds. The van der Waals surface area contributed by atoms with Crippen molar-refractivity contribution in [2.45, 2.75) is 63.9 Å². The second kappa shape index (κ2) is 3.70. The smallest absolute Gasteiger partial charge is 0.302 e. The third-order valence-electron chi connectivity index (χ3n) is 3.54. The molecule has 0 bridgehead atoms. The maximum Gasteiger partial charge on any atom is 0.302 e. The highest BCUT2D eigenvalue weighted by molar-refractivity contribution is 5.65. The van der Waals surface area contributed by atoms with Crippen LogP contribution in [0.25, 0.3) is 0 Å². The molecule has 2 saturated heterocycles. The molecule has 0 aliphatic carbocycles. The van der Waals surface area contributed by atoms with E-state index in [0.29, 0.717) is 12.7 Å². The zero-order valence-electron chi connectivity index (χ0n) is 10.4. The Balaban J connectivity index is 1.65. The van der Waals surface area contributed by atoms with Crippen molar-refractivity contribution in [1.82, 2.24) is 0 Å². The van der Waals surface area contributed by atoms with Crippen LogP contribution in [0.15, 0.2) is 0 Å². The first kappa shape index (κ1) is 11.9. The van der Waals surface area contributed by atoms with Crippen LogP contribution in [0.2, 0.25) is 0 Å². The zero-order chi connectivity index (χ0) is 12.0. The Morgan fingerprint density at radius 3 is 2.38 bits per heavy atom. The van der Waals surface area contributed by atoms with Crippen LogP contribution in [0.1, 0.15) is 40.5 Å². The molecule has 16 heavy (non-hydrogen) atoms. The largest absolute Gasteiger partial charge is 0.463 e. The van der Waals surface area contributed by atoms with Crippen molar-refractivity contribution in [3.8, 4) is 0 Å². The first-order valence-corrected chi connectivity index (χ1v) is 5.82. The van der Waals surface area contributed by atoms with Crippen molar-refractivity contribution in [2.75, 3.05) is 6.61 Å². The van der Waals surface area contributed by atoms with Gasteiger partial charge in [-0.25, -0.2) is 0 Å². The van der Waals surface area contributed by atoms with Gasteiger partial charge in [0.25, 0.3) is 0 Å². The molecule has 2 rings (SSSR count). The maximum atomic E-state index is 10.7. The van der Waals surface area contributed by atoms with Gasteiger partial charge in [-0.3, -0.25) is 4.79 Å². The summed E-state index contributed by atoms with van der Waals surface area (Å²) in [4.78, 5) is 10.7. The van der Waals surface area contributed by atoms with Crippen molar-refractivity contribution >= 4 is 5.97 Å². The minimum absolute atomic E-state index is 0.0522. The summed E-state index contributed by atoms with van der Waals surface area (Å²) in [5.41, 5.74) is -0.0614. The number of carbonyl (C=O) groups excluding carboxylic acids is 1. The lowest BCUT2D eigenvalue weighted by Crippen LogP contribution is -2.17. The van der Waals surface area contributed by atoms with Crippen LogP contribution in [0.5, 0.6) is 0 Å². The summed E-state index contributed by atoms with van der Waals surface area (Å²) in [6.07, 6.45) is 2.41. The SMILES string of the molecule is CC(=O)OC[C@H]1O[C@]1(C)CCC1OC1(C)C. The second-order valence-corrected chi connectivity index (χ2v) is 5.47. The first-order valence-electron chi connectivity index (χ1n) is 5.82. The predicted octanol–water partition coefficient (Wildman–Crippen LogP) is 1.66. The molecule has 2 aliphatic rings. The fourth-order valence-electron chi connectivity index (χ4n) is 2.07. The van der Waals surface area contributed by atoms with Gasteiger partial charge in [-0.15, -0.1) is 0 Å². The van der Waals surface area contributed by atoms with Crippen LogP contribution < -0.4 is 0 Å². The van der Waals surface area contributed by atoms with Crippen LogP contribution in [0.3, 0.4) is 0 Å². The number of rotatable bonds is 5. The molecule has 4 heteroatoms. The van der Waals surface area contributed by atoms with Gasteiger partial charge in [-0.05, 0) is 33.6 Å². The van der Waals surface area contributed by atoms with Gasteiger partial charge < -0.3 is 14.2 Å². The normalized spacial score (nSPS) is 39.2. The van der Waals surface area contributed by atoms with Crippen LogP contribution >= 0.6 is 0 Å². The number of esters is 1. The number of hydrogen-bond donors (Lipinski definition) is 0. The number of epoxide rings is 2. The molecule has 0 aromatic heterocycles. The van der Waals surface area contributed by atoms with Crippen molar-refractivity contribution in [2.24, 2.45) is 0 Å². The number of carbonyl (C=O) groups is 1. The monoisotopic (exact) mass is 228 g/mol. The van der Waals surface area contributed by atoms with E-state index < -0.39 is 0 Å². The lowest BCUT2D eigenvalue weighted by Gasteiger charge is -2.05. The Bertz CT molecular complexity index is 299. The average molecular weight is 228 g/mol. The molecule has 0 saturated carbocycles. The summed E-state index contributed by atoms with van der Waals surface area (Å²) in [7, 11) is 0. The zero-order valence-corrected chi connectivity index (χ0v) is 10.4. The van der Waals surface area contributed by atoms with Gasteiger partial charge in [-0.1, -0.05) is 0 Å². The Morgan fingerprint density at radius 1 is 1.25 bits per heavy atom. The standard InChI is InChI=1S/C12H20O4/c1-8(13)14-7-10-12(4,16-10)6-5-9-11(2,3)15-9/h9-10H,5-7H2,1-4H3/t9?,10-,12-/m1/s1. The fourth-order valence-corrected chi connectivity index (χ4v) is 2.07. The van der Waals surface area contributed by atoms with Gasteiger partial charge in [0.05, 0.1) is 17.3 Å². The van der Waals surface area contributed by atoms with Gasteiger partial charge in [-0.2, -0.15) is 0 Å². The van der Waals surface area contributed by atoms with Crippen molar-refractivity contribution in [3.05, 3.63) is 0 Å². The highest BCUT2D eigenvalue weighted by atomic mass is 16.6. The quantitative estimate of drug-likeness (QED) is 0.530. The van der Waals surface area contributed by atoms with Gasteiger partial charge in [0.2, 0.25) is 0 Å². The summed E-state index contributed by atoms with van der Waals surface area (Å²) < 4.78 is 16.0. The lowest BCUT2D eigenvalue weighted by molar-refractivity contribution is -0.141. The minimum atomic E-state index is -0.246. The molecule has 0 aromatic carbocycles. The van der Waals surface area contributed by atoms with E-state index in [1.165, 1.54) is 6.92 Å². The van der Waals surface area contributed by atoms with E-state index in [0.717, 1.165) is 12.8 Å². The van der Waals surface area contributed by atoms with Crippen LogP contribution in [0.4, 0.5) is 0 Å². The predicted molar refractivity (Wildman–Crippen MR) is 58.1 cm³/mol. The van der Waals surface area contributed by atoms with Crippen molar-refractivity contribution in [1.29, 1.82) is 0 Å². The van der Waals surface area contributed by atoms with Gasteiger partial charge in [0.15, 0.2) is 0 Å². The minimum Gasteiger partial charge on any atom is -0.463 e. The van der Waals surface area contributed by atoms with Gasteiger partial charge in [0.1, 0.15) is 12.7 Å². The van der Waals surface area contributed by atoms with E-state index in [1.54, 1.807) is 0 Å². The molecule has 2 aliphatic heterocycles. The second-order valence-electron chi connectivity index (χ2n) is 5.47. The lowest BCUT2D eigenvalue weighted by atomic mass is 9.97. The number of ether oxygens (including phenoxy) is 3. The Morgan fingerprint density at radius 2 is 1.88 bits per heavy atom. The van der Waals surface area contributed by atoms with E-state index >= 15 is 0 Å². The van der Waals surface area contributed by atoms with Gasteiger partial charge in [0, 0.05) is 6.92 Å². The molecule has 0 aromatic rings. The van der Waals surface area contributed by atoms with Crippen LogP contribution in [-0.4, -0.2) is 36.0 Å². The molecule has 92 valence electrons. The van der Waals surface area contributed by atoms with E-state index in [-0.39, 0.29) is 23.3 Å². The Hall–Kier alpha value is -0.610. The molecule has 0 spiro atoms. The third kappa shape index (κ3) is 2.55. The molecular weight excluding hydrogens is 208 g/mol. The summed E-state index contributed by atoms with van der Waals surface area (Å²) in [6, 6.07) is 0. The molecule has 2 fully saturated rings. The summed E-state index contributed by atoms with van der Waals surface area (Å²) in [5.74, 6) is -0.246. The number of hydrogen-bond acceptors (Lipinski definition) is 4. The highest BCUT2D eigenvalue weighted by Crippen LogP contribution is 2.45. The third-order valence-corrected chi connectivity index (χ3v) is 3.54. The summed E-state index contributed by atoms with van der Waals surface area (Å²) in [5, 5.41) is 0. The van der Waals surface area contributed by atoms with E-state index in [1.807, 2.05) is 0 Å². The molecule has 4 nitrogen and oxygen atoms in total. The fraction of sp³-hybridized carbons (Fsp3) is 0.917. The molecule has 1 unspecified atom stereocenters. The van der Waals surface area contributed by atoms with Crippen molar-refractivity contribution < 1.29 is 19.0 Å². The average Bonchev–Trinajstić information content (AvgIpc) is 2.98. The summed E-state index contributed by atoms with van der Waals surface area (Å²) >= 11 is 0. The Kier molecular flexibility index (Phi) is 2.75. The molecule has 0 N–H and O–H groups in total. The first-order chi connectivity index (χ1) is 7.33. The van der Waals surface area contributed by atoms with E-state index in [9.17, 15) is 4.79 Å². The molecule has 0 radical (unpaired) electrons. The van der Waals surface area contributed by atoms with Gasteiger partial charge >= 0.3 is 5.97 Å². The molecule has 2 heterocycles. The highest BCUT2D eigenvalue weighted by Gasteiger charge is 2.55. The summed E-state index contributed by atoms with van der Waals surface area (Å²) in [6.45, 7) is 8.06. The van der Waals surface area contributed by atoms with Crippen LogP contribution in [0, 0.1) is 0 Å². The topological polar surface area (TPSA) is 51.4 Å². The van der Waals surface area contributed by atoms with E-state index in [4.69, 9.17) is 14.2 Å². The van der Waals surface area contributed by atoms with E-state index in [2.05, 4.69) is 20.8 Å². The maximum absolute atomic E-state index is 10.7. The molecule has 3 atom stereocenters. The molecular formula is C12H20O4.